The van der Waals surface area contributed by atoms with Gasteiger partial charge in [-0.1, -0.05) is 6.07 Å². The van der Waals surface area contributed by atoms with Crippen LogP contribution >= 0.6 is 15.9 Å². The van der Waals surface area contributed by atoms with Crippen molar-refractivity contribution >= 4 is 27.5 Å². The Kier molecular flexibility index (Phi) is 3.46. The predicted octanol–water partition coefficient (Wildman–Crippen LogP) is 2.26. The standard InChI is InChI=1S/C10H12BrFN2O/c1-10(2,13)9(15)14-8-6(11)4-3-5-7(8)12/h3-5H,13H2,1-2H3,(H,14,15). The van der Waals surface area contributed by atoms with Gasteiger partial charge in [0.05, 0.1) is 11.2 Å². The summed E-state index contributed by atoms with van der Waals surface area (Å²) < 4.78 is 13.8. The Morgan fingerprint density at radius 1 is 1.53 bits per heavy atom. The number of hydrogen-bond donors (Lipinski definition) is 2. The molecule has 3 N–H and O–H groups in total. The zero-order valence-electron chi connectivity index (χ0n) is 8.47. The van der Waals surface area contributed by atoms with Crippen LogP contribution in [0.3, 0.4) is 0 Å². The van der Waals surface area contributed by atoms with Gasteiger partial charge in [0.1, 0.15) is 5.82 Å². The van der Waals surface area contributed by atoms with Crippen LogP contribution < -0.4 is 11.1 Å². The first-order valence-corrected chi connectivity index (χ1v) is 5.16. The lowest BCUT2D eigenvalue weighted by Crippen LogP contribution is -2.45. The molecule has 3 nitrogen and oxygen atoms in total. The number of para-hydroxylation sites is 1. The molecule has 0 radical (unpaired) electrons. The van der Waals surface area contributed by atoms with Crippen LogP contribution in [0, 0.1) is 5.82 Å². The van der Waals surface area contributed by atoms with E-state index in [-0.39, 0.29) is 5.69 Å². The van der Waals surface area contributed by atoms with Crippen LogP contribution in [0.15, 0.2) is 22.7 Å². The van der Waals surface area contributed by atoms with Gasteiger partial charge in [0.15, 0.2) is 0 Å². The number of hydrogen-bond acceptors (Lipinski definition) is 2. The van der Waals surface area contributed by atoms with E-state index in [9.17, 15) is 9.18 Å². The largest absolute Gasteiger partial charge is 0.321 e. The van der Waals surface area contributed by atoms with E-state index in [4.69, 9.17) is 5.73 Å². The van der Waals surface area contributed by atoms with Crippen LogP contribution in [-0.2, 0) is 4.79 Å². The lowest BCUT2D eigenvalue weighted by atomic mass is 10.1. The maximum absolute atomic E-state index is 13.3. The maximum atomic E-state index is 13.3. The molecule has 0 fully saturated rings. The summed E-state index contributed by atoms with van der Waals surface area (Å²) >= 11 is 3.15. The second-order valence-corrected chi connectivity index (χ2v) is 4.63. The van der Waals surface area contributed by atoms with E-state index in [0.717, 1.165) is 0 Å². The highest BCUT2D eigenvalue weighted by molar-refractivity contribution is 9.10. The highest BCUT2D eigenvalue weighted by Gasteiger charge is 2.23. The number of rotatable bonds is 2. The maximum Gasteiger partial charge on any atom is 0.243 e. The van der Waals surface area contributed by atoms with Gasteiger partial charge >= 0.3 is 0 Å². The molecular weight excluding hydrogens is 263 g/mol. The van der Waals surface area contributed by atoms with Gasteiger partial charge in [-0.05, 0) is 41.9 Å². The van der Waals surface area contributed by atoms with E-state index >= 15 is 0 Å². The number of anilines is 1. The second-order valence-electron chi connectivity index (χ2n) is 3.77. The molecule has 1 amide bonds. The molecule has 1 rings (SSSR count). The fourth-order valence-electron chi connectivity index (χ4n) is 0.892. The Morgan fingerprint density at radius 3 is 2.60 bits per heavy atom. The monoisotopic (exact) mass is 274 g/mol. The van der Waals surface area contributed by atoms with Crippen molar-refractivity contribution in [2.75, 3.05) is 5.32 Å². The number of benzene rings is 1. The molecule has 82 valence electrons. The normalized spacial score (nSPS) is 11.3. The molecular formula is C10H12BrFN2O. The van der Waals surface area contributed by atoms with Gasteiger partial charge in [-0.25, -0.2) is 4.39 Å². The van der Waals surface area contributed by atoms with Crippen LogP contribution in [0.2, 0.25) is 0 Å². The van der Waals surface area contributed by atoms with E-state index in [0.29, 0.717) is 4.47 Å². The smallest absolute Gasteiger partial charge is 0.243 e. The molecule has 0 unspecified atom stereocenters. The van der Waals surface area contributed by atoms with E-state index in [1.54, 1.807) is 26.0 Å². The third-order valence-corrected chi connectivity index (χ3v) is 2.45. The summed E-state index contributed by atoms with van der Waals surface area (Å²) in [7, 11) is 0. The summed E-state index contributed by atoms with van der Waals surface area (Å²) in [5.74, 6) is -0.935. The Balaban J connectivity index is 2.95. The Labute approximate surface area is 96.0 Å². The number of nitrogens with one attached hydrogen (secondary N) is 1. The van der Waals surface area contributed by atoms with Gasteiger partial charge in [-0.2, -0.15) is 0 Å². The van der Waals surface area contributed by atoms with Crippen LogP contribution in [-0.4, -0.2) is 11.4 Å². The molecule has 0 saturated heterocycles. The molecule has 1 aromatic rings. The topological polar surface area (TPSA) is 55.1 Å². The minimum atomic E-state index is -1.04. The summed E-state index contributed by atoms with van der Waals surface area (Å²) in [6, 6.07) is 4.45. The molecule has 0 aliphatic carbocycles. The van der Waals surface area contributed by atoms with Crippen LogP contribution in [0.4, 0.5) is 10.1 Å². The fourth-order valence-corrected chi connectivity index (χ4v) is 1.33. The molecule has 5 heteroatoms. The molecule has 0 aliphatic rings. The first-order valence-electron chi connectivity index (χ1n) is 4.36. The van der Waals surface area contributed by atoms with Gasteiger partial charge in [-0.15, -0.1) is 0 Å². The quantitative estimate of drug-likeness (QED) is 0.869. The molecule has 0 spiro atoms. The molecule has 0 heterocycles. The van der Waals surface area contributed by atoms with Gasteiger partial charge in [0, 0.05) is 4.47 Å². The second kappa shape index (κ2) is 4.28. The third kappa shape index (κ3) is 3.00. The lowest BCUT2D eigenvalue weighted by Gasteiger charge is -2.18. The van der Waals surface area contributed by atoms with Crippen LogP contribution in [0.5, 0.6) is 0 Å². The van der Waals surface area contributed by atoms with Crippen molar-refractivity contribution in [2.45, 2.75) is 19.4 Å². The van der Waals surface area contributed by atoms with E-state index < -0.39 is 17.3 Å². The zero-order chi connectivity index (χ0) is 11.6. The molecule has 0 saturated carbocycles. The average molecular weight is 275 g/mol. The van der Waals surface area contributed by atoms with Crippen molar-refractivity contribution in [1.29, 1.82) is 0 Å². The van der Waals surface area contributed by atoms with Crippen molar-refractivity contribution in [3.8, 4) is 0 Å². The average Bonchev–Trinajstić information content (AvgIpc) is 2.09. The van der Waals surface area contributed by atoms with Crippen molar-refractivity contribution in [1.82, 2.24) is 0 Å². The summed E-state index contributed by atoms with van der Waals surface area (Å²) in [6.45, 7) is 3.11. The van der Waals surface area contributed by atoms with Crippen molar-refractivity contribution < 1.29 is 9.18 Å². The Hall–Kier alpha value is -0.940. The summed E-state index contributed by atoms with van der Waals surface area (Å²) in [5.41, 5.74) is 4.65. The minimum Gasteiger partial charge on any atom is -0.321 e. The van der Waals surface area contributed by atoms with Crippen molar-refractivity contribution in [3.05, 3.63) is 28.5 Å². The highest BCUT2D eigenvalue weighted by Crippen LogP contribution is 2.25. The first kappa shape index (κ1) is 12.1. The minimum absolute atomic E-state index is 0.112. The van der Waals surface area contributed by atoms with Crippen LogP contribution in [0.1, 0.15) is 13.8 Å². The van der Waals surface area contributed by atoms with E-state index in [1.807, 2.05) is 0 Å². The molecule has 0 aliphatic heterocycles. The number of nitrogens with two attached hydrogens (primary N) is 1. The predicted molar refractivity (Wildman–Crippen MR) is 61.0 cm³/mol. The van der Waals surface area contributed by atoms with Crippen molar-refractivity contribution in [2.24, 2.45) is 5.73 Å². The van der Waals surface area contributed by atoms with Gasteiger partial charge in [0.25, 0.3) is 0 Å². The molecule has 0 atom stereocenters. The van der Waals surface area contributed by atoms with E-state index in [1.165, 1.54) is 6.07 Å². The number of amides is 1. The molecule has 1 aromatic carbocycles. The number of carbonyl (C=O) groups is 1. The zero-order valence-corrected chi connectivity index (χ0v) is 10.1. The van der Waals surface area contributed by atoms with Gasteiger partial charge in [-0.3, -0.25) is 4.79 Å². The SMILES string of the molecule is CC(C)(N)C(=O)Nc1c(F)cccc1Br. The third-order valence-electron chi connectivity index (χ3n) is 1.79. The number of halogens is 2. The summed E-state index contributed by atoms with van der Waals surface area (Å²) in [4.78, 5) is 11.5. The first-order chi connectivity index (χ1) is 6.82. The Bertz CT molecular complexity index is 367. The molecule has 0 bridgehead atoms. The van der Waals surface area contributed by atoms with Crippen molar-refractivity contribution in [3.63, 3.8) is 0 Å². The molecule has 0 aromatic heterocycles. The number of carbonyl (C=O) groups excluding carboxylic acids is 1. The fraction of sp³-hybridized carbons (Fsp3) is 0.300. The van der Waals surface area contributed by atoms with Gasteiger partial charge in [0.2, 0.25) is 5.91 Å². The van der Waals surface area contributed by atoms with Gasteiger partial charge < -0.3 is 11.1 Å². The van der Waals surface area contributed by atoms with Crippen LogP contribution in [0.25, 0.3) is 0 Å². The Morgan fingerprint density at radius 2 is 2.13 bits per heavy atom. The summed E-state index contributed by atoms with van der Waals surface area (Å²) in [5, 5.41) is 2.43. The lowest BCUT2D eigenvalue weighted by molar-refractivity contribution is -0.120. The molecule has 15 heavy (non-hydrogen) atoms. The van der Waals surface area contributed by atoms with E-state index in [2.05, 4.69) is 21.2 Å². The highest BCUT2D eigenvalue weighted by atomic mass is 79.9. The summed E-state index contributed by atoms with van der Waals surface area (Å²) in [6.07, 6.45) is 0.